The molecule has 0 bridgehead atoms. The number of carbonyl (C=O) groups excluding carboxylic acids is 1. The highest BCUT2D eigenvalue weighted by Gasteiger charge is 2.20. The second-order valence-electron chi connectivity index (χ2n) is 7.47. The Morgan fingerprint density at radius 1 is 1.10 bits per heavy atom. The lowest BCUT2D eigenvalue weighted by Crippen LogP contribution is -2.35. The first-order valence-corrected chi connectivity index (χ1v) is 11.4. The van der Waals surface area contributed by atoms with Crippen LogP contribution >= 0.6 is 11.8 Å². The smallest absolute Gasteiger partial charge is 0.230 e. The standard InChI is InChI=1S/C23H29N5OS/c1-5-18(6-2)25-21(29)15-30-23-27-26-22(17-10-9-13-24-14-17)28(23)20-12-8-7-11-19(20)16(3)4/h7-14,16,18H,5-6,15H2,1-4H3,(H,25,29). The van der Waals surface area contributed by atoms with Crippen molar-refractivity contribution >= 4 is 17.7 Å². The lowest BCUT2D eigenvalue weighted by Gasteiger charge is -2.17. The molecule has 1 aromatic carbocycles. The van der Waals surface area contributed by atoms with Crippen LogP contribution in [0.1, 0.15) is 52.0 Å². The van der Waals surface area contributed by atoms with Crippen molar-refractivity contribution < 1.29 is 4.79 Å². The highest BCUT2D eigenvalue weighted by atomic mass is 32.2. The SMILES string of the molecule is CCC(CC)NC(=O)CSc1nnc(-c2cccnc2)n1-c1ccccc1C(C)C. The van der Waals surface area contributed by atoms with Gasteiger partial charge < -0.3 is 5.32 Å². The van der Waals surface area contributed by atoms with E-state index in [-0.39, 0.29) is 11.9 Å². The molecule has 0 radical (unpaired) electrons. The lowest BCUT2D eigenvalue weighted by atomic mass is 10.0. The van der Waals surface area contributed by atoms with Gasteiger partial charge in [0.1, 0.15) is 0 Å². The van der Waals surface area contributed by atoms with Crippen molar-refractivity contribution in [3.8, 4) is 17.1 Å². The summed E-state index contributed by atoms with van der Waals surface area (Å²) < 4.78 is 2.04. The highest BCUT2D eigenvalue weighted by molar-refractivity contribution is 7.99. The fraction of sp³-hybridized carbons (Fsp3) is 0.391. The zero-order valence-electron chi connectivity index (χ0n) is 18.0. The highest BCUT2D eigenvalue weighted by Crippen LogP contribution is 2.31. The van der Waals surface area contributed by atoms with Crippen LogP contribution in [0.2, 0.25) is 0 Å². The van der Waals surface area contributed by atoms with Gasteiger partial charge in [0.2, 0.25) is 5.91 Å². The molecule has 158 valence electrons. The summed E-state index contributed by atoms with van der Waals surface area (Å²) in [6, 6.07) is 12.3. The number of carbonyl (C=O) groups is 1. The molecule has 0 fully saturated rings. The van der Waals surface area contributed by atoms with E-state index >= 15 is 0 Å². The summed E-state index contributed by atoms with van der Waals surface area (Å²) in [5.41, 5.74) is 3.11. The van der Waals surface area contributed by atoms with Gasteiger partial charge in [-0.3, -0.25) is 14.3 Å². The summed E-state index contributed by atoms with van der Waals surface area (Å²) in [5.74, 6) is 1.37. The maximum absolute atomic E-state index is 12.4. The van der Waals surface area contributed by atoms with E-state index in [9.17, 15) is 4.79 Å². The molecule has 0 atom stereocenters. The number of benzene rings is 1. The van der Waals surface area contributed by atoms with Crippen LogP contribution in [0.5, 0.6) is 0 Å². The summed E-state index contributed by atoms with van der Waals surface area (Å²) in [4.78, 5) is 16.7. The van der Waals surface area contributed by atoms with Gasteiger partial charge in [0.25, 0.3) is 0 Å². The Bertz CT molecular complexity index is 967. The van der Waals surface area contributed by atoms with Crippen LogP contribution < -0.4 is 5.32 Å². The Morgan fingerprint density at radius 3 is 2.53 bits per heavy atom. The van der Waals surface area contributed by atoms with Gasteiger partial charge in [0.05, 0.1) is 11.4 Å². The summed E-state index contributed by atoms with van der Waals surface area (Å²) in [6.07, 6.45) is 5.38. The Balaban J connectivity index is 1.97. The molecule has 7 heteroatoms. The van der Waals surface area contributed by atoms with Gasteiger partial charge >= 0.3 is 0 Å². The van der Waals surface area contributed by atoms with Gasteiger partial charge in [0, 0.05) is 24.0 Å². The molecule has 0 aliphatic heterocycles. The largest absolute Gasteiger partial charge is 0.353 e. The van der Waals surface area contributed by atoms with Crippen molar-refractivity contribution in [1.29, 1.82) is 0 Å². The predicted molar refractivity (Wildman–Crippen MR) is 122 cm³/mol. The number of nitrogens with one attached hydrogen (secondary N) is 1. The monoisotopic (exact) mass is 423 g/mol. The molecule has 1 amide bonds. The minimum Gasteiger partial charge on any atom is -0.353 e. The van der Waals surface area contributed by atoms with Crippen molar-refractivity contribution in [3.05, 3.63) is 54.4 Å². The third kappa shape index (κ3) is 5.08. The zero-order chi connectivity index (χ0) is 21.5. The average Bonchev–Trinajstić information content (AvgIpc) is 3.20. The number of amides is 1. The first-order valence-electron chi connectivity index (χ1n) is 10.4. The molecular weight excluding hydrogens is 394 g/mol. The van der Waals surface area contributed by atoms with Crippen molar-refractivity contribution in [3.63, 3.8) is 0 Å². The normalized spacial score (nSPS) is 11.3. The first-order chi connectivity index (χ1) is 14.5. The van der Waals surface area contributed by atoms with Crippen molar-refractivity contribution in [1.82, 2.24) is 25.1 Å². The molecular formula is C23H29N5OS. The summed E-state index contributed by atoms with van der Waals surface area (Å²) >= 11 is 1.41. The van der Waals surface area contributed by atoms with Crippen molar-refractivity contribution in [2.24, 2.45) is 0 Å². The third-order valence-electron chi connectivity index (χ3n) is 5.04. The molecule has 2 aromatic heterocycles. The summed E-state index contributed by atoms with van der Waals surface area (Å²) in [5, 5.41) is 12.7. The molecule has 3 aromatic rings. The Labute approximate surface area is 182 Å². The van der Waals surface area contributed by atoms with Gasteiger partial charge in [-0.05, 0) is 42.5 Å². The molecule has 0 saturated heterocycles. The third-order valence-corrected chi connectivity index (χ3v) is 5.96. The van der Waals surface area contributed by atoms with Gasteiger partial charge in [-0.2, -0.15) is 0 Å². The number of hydrogen-bond acceptors (Lipinski definition) is 5. The van der Waals surface area contributed by atoms with Crippen LogP contribution in [0.25, 0.3) is 17.1 Å². The molecule has 0 spiro atoms. The number of pyridine rings is 1. The molecule has 0 aliphatic carbocycles. The van der Waals surface area contributed by atoms with E-state index in [1.807, 2.05) is 28.8 Å². The first kappa shape index (κ1) is 22.0. The molecule has 6 nitrogen and oxygen atoms in total. The maximum atomic E-state index is 12.4. The minimum atomic E-state index is 0.0170. The number of aromatic nitrogens is 4. The molecule has 30 heavy (non-hydrogen) atoms. The van der Waals surface area contributed by atoms with Crippen LogP contribution in [0, 0.1) is 0 Å². The Morgan fingerprint density at radius 2 is 1.87 bits per heavy atom. The van der Waals surface area contributed by atoms with Crippen LogP contribution in [0.4, 0.5) is 0 Å². The zero-order valence-corrected chi connectivity index (χ0v) is 18.8. The van der Waals surface area contributed by atoms with Crippen LogP contribution in [-0.4, -0.2) is 37.5 Å². The number of thioether (sulfide) groups is 1. The minimum absolute atomic E-state index is 0.0170. The molecule has 3 rings (SSSR count). The molecule has 0 aliphatic rings. The fourth-order valence-electron chi connectivity index (χ4n) is 3.33. The lowest BCUT2D eigenvalue weighted by molar-refractivity contribution is -0.119. The van der Waals surface area contributed by atoms with E-state index in [1.165, 1.54) is 17.3 Å². The number of rotatable bonds is 9. The quantitative estimate of drug-likeness (QED) is 0.498. The fourth-order valence-corrected chi connectivity index (χ4v) is 4.09. The number of nitrogens with zero attached hydrogens (tertiary/aromatic N) is 4. The summed E-state index contributed by atoms with van der Waals surface area (Å²) in [7, 11) is 0. The Kier molecular flexibility index (Phi) is 7.63. The summed E-state index contributed by atoms with van der Waals surface area (Å²) in [6.45, 7) is 8.51. The molecule has 0 saturated carbocycles. The topological polar surface area (TPSA) is 72.7 Å². The van der Waals surface area contributed by atoms with Crippen molar-refractivity contribution in [2.75, 3.05) is 5.75 Å². The molecule has 1 N–H and O–H groups in total. The van der Waals surface area contributed by atoms with Crippen LogP contribution in [0.15, 0.2) is 53.9 Å². The van der Waals surface area contributed by atoms with Gasteiger partial charge in [-0.1, -0.05) is 57.7 Å². The molecule has 2 heterocycles. The van der Waals surface area contributed by atoms with Gasteiger partial charge in [0.15, 0.2) is 11.0 Å². The van der Waals surface area contributed by atoms with E-state index in [1.54, 1.807) is 12.4 Å². The molecule has 0 unspecified atom stereocenters. The van der Waals surface area contributed by atoms with Crippen LogP contribution in [0.3, 0.4) is 0 Å². The van der Waals surface area contributed by atoms with Crippen LogP contribution in [-0.2, 0) is 4.79 Å². The van der Waals surface area contributed by atoms with Crippen molar-refractivity contribution in [2.45, 2.75) is 57.7 Å². The van der Waals surface area contributed by atoms with E-state index in [2.05, 4.69) is 60.3 Å². The second-order valence-corrected chi connectivity index (χ2v) is 8.41. The predicted octanol–water partition coefficient (Wildman–Crippen LogP) is 4.85. The van der Waals surface area contributed by atoms with Gasteiger partial charge in [-0.25, -0.2) is 0 Å². The van der Waals surface area contributed by atoms with E-state index < -0.39 is 0 Å². The average molecular weight is 424 g/mol. The Hall–Kier alpha value is -2.67. The maximum Gasteiger partial charge on any atom is 0.230 e. The number of hydrogen-bond donors (Lipinski definition) is 1. The van der Waals surface area contributed by atoms with Gasteiger partial charge in [-0.15, -0.1) is 10.2 Å². The number of para-hydroxylation sites is 1. The van der Waals surface area contributed by atoms with E-state index in [4.69, 9.17) is 0 Å². The second kappa shape index (κ2) is 10.4. The van der Waals surface area contributed by atoms with E-state index in [0.29, 0.717) is 16.8 Å². The van der Waals surface area contributed by atoms with E-state index in [0.717, 1.165) is 29.9 Å².